The Labute approximate surface area is 103 Å². The summed E-state index contributed by atoms with van der Waals surface area (Å²) in [6, 6.07) is 0.826. The molecule has 0 spiro atoms. The molecule has 17 heavy (non-hydrogen) atoms. The Morgan fingerprint density at radius 2 is 2.12 bits per heavy atom. The first-order valence-electron chi connectivity index (χ1n) is 6.54. The highest BCUT2D eigenvalue weighted by molar-refractivity contribution is 4.98. The van der Waals surface area contributed by atoms with E-state index < -0.39 is 0 Å². The van der Waals surface area contributed by atoms with Crippen molar-refractivity contribution in [3.8, 4) is 0 Å². The maximum Gasteiger partial charge on any atom is 0.0951 e. The molecule has 4 nitrogen and oxygen atoms in total. The predicted octanol–water partition coefficient (Wildman–Crippen LogP) is 2.25. The van der Waals surface area contributed by atoms with Crippen LogP contribution in [0.1, 0.15) is 51.3 Å². The van der Waals surface area contributed by atoms with E-state index in [1.807, 2.05) is 12.5 Å². The monoisotopic (exact) mass is 237 g/mol. The van der Waals surface area contributed by atoms with E-state index in [0.29, 0.717) is 24.8 Å². The minimum Gasteiger partial charge on any atom is -0.372 e. The predicted molar refractivity (Wildman–Crippen MR) is 67.6 cm³/mol. The first-order valence-corrected chi connectivity index (χ1v) is 6.54. The van der Waals surface area contributed by atoms with Crippen LogP contribution in [0.2, 0.25) is 0 Å². The minimum absolute atomic E-state index is 0.380. The normalized spacial score (nSPS) is 25.4. The van der Waals surface area contributed by atoms with E-state index in [1.54, 1.807) is 0 Å². The summed E-state index contributed by atoms with van der Waals surface area (Å²) in [5.74, 6) is 0. The maximum absolute atomic E-state index is 5.95. The van der Waals surface area contributed by atoms with Crippen LogP contribution in [0.3, 0.4) is 0 Å². The quantitative estimate of drug-likeness (QED) is 0.874. The summed E-state index contributed by atoms with van der Waals surface area (Å²) in [7, 11) is 0. The van der Waals surface area contributed by atoms with Gasteiger partial charge in [-0.05, 0) is 39.5 Å². The molecule has 1 heterocycles. The third kappa shape index (κ3) is 3.30. The largest absolute Gasteiger partial charge is 0.372 e. The molecule has 1 aromatic rings. The van der Waals surface area contributed by atoms with Crippen molar-refractivity contribution in [1.82, 2.24) is 9.55 Å². The van der Waals surface area contributed by atoms with Gasteiger partial charge in [0.2, 0.25) is 0 Å². The average molecular weight is 237 g/mol. The SMILES string of the molecule is CC(C)n1cncc1COC1CCC(N)CC1. The van der Waals surface area contributed by atoms with Gasteiger partial charge in [0.15, 0.2) is 0 Å². The van der Waals surface area contributed by atoms with E-state index in [2.05, 4.69) is 23.4 Å². The Bertz CT molecular complexity index is 340. The molecule has 0 unspecified atom stereocenters. The zero-order chi connectivity index (χ0) is 12.3. The summed E-state index contributed by atoms with van der Waals surface area (Å²) in [4.78, 5) is 4.18. The Kier molecular flexibility index (Phi) is 4.18. The zero-order valence-electron chi connectivity index (χ0n) is 10.8. The highest BCUT2D eigenvalue weighted by atomic mass is 16.5. The van der Waals surface area contributed by atoms with Gasteiger partial charge in [0, 0.05) is 12.1 Å². The van der Waals surface area contributed by atoms with Crippen molar-refractivity contribution >= 4 is 0 Å². The number of aromatic nitrogens is 2. The van der Waals surface area contributed by atoms with Gasteiger partial charge in [-0.25, -0.2) is 4.98 Å². The zero-order valence-corrected chi connectivity index (χ0v) is 10.8. The highest BCUT2D eigenvalue weighted by Gasteiger charge is 2.19. The van der Waals surface area contributed by atoms with Crippen molar-refractivity contribution in [2.24, 2.45) is 5.73 Å². The molecule has 1 fully saturated rings. The van der Waals surface area contributed by atoms with Crippen LogP contribution in [0.5, 0.6) is 0 Å². The molecule has 2 rings (SSSR count). The summed E-state index contributed by atoms with van der Waals surface area (Å²) < 4.78 is 8.11. The first kappa shape index (κ1) is 12.6. The molecule has 2 N–H and O–H groups in total. The van der Waals surface area contributed by atoms with Gasteiger partial charge in [-0.2, -0.15) is 0 Å². The summed E-state index contributed by atoms with van der Waals surface area (Å²) >= 11 is 0. The van der Waals surface area contributed by atoms with Crippen LogP contribution >= 0.6 is 0 Å². The van der Waals surface area contributed by atoms with Crippen molar-refractivity contribution in [2.45, 2.75) is 64.3 Å². The molecule has 1 aromatic heterocycles. The Balaban J connectivity index is 1.83. The van der Waals surface area contributed by atoms with E-state index in [-0.39, 0.29) is 0 Å². The van der Waals surface area contributed by atoms with Gasteiger partial charge >= 0.3 is 0 Å². The van der Waals surface area contributed by atoms with E-state index in [1.165, 1.54) is 0 Å². The topological polar surface area (TPSA) is 53.1 Å². The molecule has 96 valence electrons. The van der Waals surface area contributed by atoms with Crippen molar-refractivity contribution < 1.29 is 4.74 Å². The number of nitrogens with zero attached hydrogens (tertiary/aromatic N) is 2. The van der Waals surface area contributed by atoms with Crippen LogP contribution in [0.4, 0.5) is 0 Å². The lowest BCUT2D eigenvalue weighted by molar-refractivity contribution is 0.0106. The highest BCUT2D eigenvalue weighted by Crippen LogP contribution is 2.21. The van der Waals surface area contributed by atoms with Gasteiger partial charge in [-0.1, -0.05) is 0 Å². The summed E-state index contributed by atoms with van der Waals surface area (Å²) in [6.45, 7) is 4.98. The van der Waals surface area contributed by atoms with Crippen molar-refractivity contribution in [2.75, 3.05) is 0 Å². The number of hydrogen-bond acceptors (Lipinski definition) is 3. The number of ether oxygens (including phenoxy) is 1. The second-order valence-corrected chi connectivity index (χ2v) is 5.23. The Morgan fingerprint density at radius 3 is 2.76 bits per heavy atom. The molecular weight excluding hydrogens is 214 g/mol. The lowest BCUT2D eigenvalue weighted by Gasteiger charge is -2.26. The van der Waals surface area contributed by atoms with Crippen LogP contribution in [-0.2, 0) is 11.3 Å². The smallest absolute Gasteiger partial charge is 0.0951 e. The standard InChI is InChI=1S/C13H23N3O/c1-10(2)16-9-15-7-12(16)8-17-13-5-3-11(14)4-6-13/h7,9-11,13H,3-6,8,14H2,1-2H3. The fourth-order valence-corrected chi connectivity index (χ4v) is 2.37. The van der Waals surface area contributed by atoms with Gasteiger partial charge < -0.3 is 15.0 Å². The number of rotatable bonds is 4. The van der Waals surface area contributed by atoms with Crippen LogP contribution in [-0.4, -0.2) is 21.7 Å². The third-order valence-corrected chi connectivity index (χ3v) is 3.49. The number of imidazole rings is 1. The molecule has 0 bridgehead atoms. The van der Waals surface area contributed by atoms with Crippen molar-refractivity contribution in [3.05, 3.63) is 18.2 Å². The molecule has 4 heteroatoms. The maximum atomic E-state index is 5.95. The number of nitrogens with two attached hydrogens (primary N) is 1. The Hall–Kier alpha value is -0.870. The summed E-state index contributed by atoms with van der Waals surface area (Å²) in [5, 5.41) is 0. The van der Waals surface area contributed by atoms with Gasteiger partial charge in [-0.3, -0.25) is 0 Å². The van der Waals surface area contributed by atoms with Crippen molar-refractivity contribution in [1.29, 1.82) is 0 Å². The molecule has 0 amide bonds. The summed E-state index contributed by atoms with van der Waals surface area (Å²) in [5.41, 5.74) is 7.04. The Morgan fingerprint density at radius 1 is 1.41 bits per heavy atom. The van der Waals surface area contributed by atoms with Gasteiger partial charge in [0.05, 0.1) is 30.9 Å². The van der Waals surface area contributed by atoms with Crippen LogP contribution in [0.15, 0.2) is 12.5 Å². The molecule has 1 aliphatic rings. The molecule has 0 aliphatic heterocycles. The fourth-order valence-electron chi connectivity index (χ4n) is 2.37. The number of hydrogen-bond donors (Lipinski definition) is 1. The van der Waals surface area contributed by atoms with Crippen LogP contribution in [0, 0.1) is 0 Å². The molecular formula is C13H23N3O. The molecule has 0 atom stereocenters. The van der Waals surface area contributed by atoms with Crippen LogP contribution in [0.25, 0.3) is 0 Å². The lowest BCUT2D eigenvalue weighted by Crippen LogP contribution is -2.30. The molecule has 1 saturated carbocycles. The second kappa shape index (κ2) is 5.65. The van der Waals surface area contributed by atoms with E-state index >= 15 is 0 Å². The molecule has 0 saturated heterocycles. The van der Waals surface area contributed by atoms with Gasteiger partial charge in [0.1, 0.15) is 0 Å². The lowest BCUT2D eigenvalue weighted by atomic mass is 9.94. The van der Waals surface area contributed by atoms with E-state index in [4.69, 9.17) is 10.5 Å². The van der Waals surface area contributed by atoms with E-state index in [9.17, 15) is 0 Å². The van der Waals surface area contributed by atoms with Crippen LogP contribution < -0.4 is 5.73 Å². The second-order valence-electron chi connectivity index (χ2n) is 5.23. The average Bonchev–Trinajstić information content (AvgIpc) is 2.76. The molecule has 0 radical (unpaired) electrons. The fraction of sp³-hybridized carbons (Fsp3) is 0.769. The molecule has 1 aliphatic carbocycles. The van der Waals surface area contributed by atoms with Gasteiger partial charge in [-0.15, -0.1) is 0 Å². The summed E-state index contributed by atoms with van der Waals surface area (Å²) in [6.07, 6.45) is 8.52. The van der Waals surface area contributed by atoms with Gasteiger partial charge in [0.25, 0.3) is 0 Å². The van der Waals surface area contributed by atoms with E-state index in [0.717, 1.165) is 31.4 Å². The first-order chi connectivity index (χ1) is 8.16. The van der Waals surface area contributed by atoms with Crippen molar-refractivity contribution in [3.63, 3.8) is 0 Å². The minimum atomic E-state index is 0.380. The third-order valence-electron chi connectivity index (χ3n) is 3.49. The molecule has 0 aromatic carbocycles.